The molecule has 0 spiro atoms. The van der Waals surface area contributed by atoms with Crippen LogP contribution < -0.4 is 16.0 Å². The van der Waals surface area contributed by atoms with E-state index in [1.807, 2.05) is 43.3 Å². The highest BCUT2D eigenvalue weighted by Gasteiger charge is 2.24. The number of anilines is 1. The standard InChI is InChI=1S/C26H29N7O2/c1-16(17-6-4-3-5-7-17)29-26-31-22(25(35)32-26)12-19-14-27-23-21(19)13-20(15-28-23)30-24(34)18-8-10-33(2)11-9-18/h3-7,12-16,18H,8-11H2,1-2H3,(H,27,28)(H,30,34)(H2,29,31,32,35). The van der Waals surface area contributed by atoms with Crippen LogP contribution in [0.5, 0.6) is 0 Å². The number of aliphatic imine (C=N–C) groups is 1. The van der Waals surface area contributed by atoms with Crippen molar-refractivity contribution in [1.29, 1.82) is 0 Å². The Morgan fingerprint density at radius 2 is 2.00 bits per heavy atom. The van der Waals surface area contributed by atoms with Crippen molar-refractivity contribution in [2.75, 3.05) is 25.5 Å². The first-order valence-electron chi connectivity index (χ1n) is 11.9. The Hall–Kier alpha value is -3.98. The number of carbonyl (C=O) groups is 2. The molecule has 9 heteroatoms. The molecule has 5 rings (SSSR count). The normalized spacial score (nSPS) is 19.0. The van der Waals surface area contributed by atoms with Crippen molar-refractivity contribution in [3.05, 3.63) is 65.6 Å². The van der Waals surface area contributed by atoms with E-state index < -0.39 is 0 Å². The highest BCUT2D eigenvalue weighted by Crippen LogP contribution is 2.25. The number of rotatable bonds is 5. The van der Waals surface area contributed by atoms with Crippen molar-refractivity contribution in [3.8, 4) is 0 Å². The van der Waals surface area contributed by atoms with Crippen LogP contribution in [-0.4, -0.2) is 52.8 Å². The fraction of sp³-hybridized carbons (Fsp3) is 0.308. The zero-order chi connectivity index (χ0) is 24.4. The van der Waals surface area contributed by atoms with Crippen molar-refractivity contribution < 1.29 is 9.59 Å². The molecule has 9 nitrogen and oxygen atoms in total. The largest absolute Gasteiger partial charge is 0.349 e. The predicted octanol–water partition coefficient (Wildman–Crippen LogP) is 3.02. The van der Waals surface area contributed by atoms with Gasteiger partial charge in [0, 0.05) is 23.1 Å². The quantitative estimate of drug-likeness (QED) is 0.427. The topological polar surface area (TPSA) is 115 Å². The van der Waals surface area contributed by atoms with Gasteiger partial charge in [0.15, 0.2) is 0 Å². The summed E-state index contributed by atoms with van der Waals surface area (Å²) in [6, 6.07) is 11.8. The zero-order valence-corrected chi connectivity index (χ0v) is 19.8. The maximum Gasteiger partial charge on any atom is 0.276 e. The van der Waals surface area contributed by atoms with Gasteiger partial charge in [0.2, 0.25) is 11.9 Å². The maximum absolute atomic E-state index is 12.7. The van der Waals surface area contributed by atoms with Crippen LogP contribution in [-0.2, 0) is 9.59 Å². The third-order valence-corrected chi connectivity index (χ3v) is 6.56. The number of carbonyl (C=O) groups excluding carboxylic acids is 2. The first-order chi connectivity index (χ1) is 17.0. The number of piperidine rings is 1. The van der Waals surface area contributed by atoms with Crippen LogP contribution in [0.2, 0.25) is 0 Å². The molecule has 180 valence electrons. The number of guanidine groups is 1. The minimum Gasteiger partial charge on any atom is -0.349 e. The summed E-state index contributed by atoms with van der Waals surface area (Å²) < 4.78 is 0. The van der Waals surface area contributed by atoms with Gasteiger partial charge in [0.1, 0.15) is 11.3 Å². The molecule has 0 aliphatic carbocycles. The molecule has 2 aliphatic heterocycles. The van der Waals surface area contributed by atoms with Gasteiger partial charge in [-0.1, -0.05) is 30.3 Å². The second-order valence-electron chi connectivity index (χ2n) is 9.15. The number of aromatic nitrogens is 2. The Bertz CT molecular complexity index is 1300. The number of hydrogen-bond donors (Lipinski definition) is 4. The van der Waals surface area contributed by atoms with E-state index in [9.17, 15) is 9.59 Å². The van der Waals surface area contributed by atoms with E-state index in [0.717, 1.165) is 42.4 Å². The van der Waals surface area contributed by atoms with Crippen LogP contribution in [0.15, 0.2) is 59.5 Å². The maximum atomic E-state index is 12.7. The van der Waals surface area contributed by atoms with Crippen molar-refractivity contribution >= 4 is 40.6 Å². The van der Waals surface area contributed by atoms with E-state index in [1.165, 1.54) is 0 Å². The smallest absolute Gasteiger partial charge is 0.276 e. The van der Waals surface area contributed by atoms with Gasteiger partial charge in [-0.15, -0.1) is 0 Å². The minimum atomic E-state index is -0.276. The highest BCUT2D eigenvalue weighted by molar-refractivity contribution is 6.14. The van der Waals surface area contributed by atoms with Crippen LogP contribution in [0.4, 0.5) is 5.69 Å². The number of benzene rings is 1. The van der Waals surface area contributed by atoms with Gasteiger partial charge in [-0.05, 0) is 57.6 Å². The molecular weight excluding hydrogens is 442 g/mol. The molecule has 0 radical (unpaired) electrons. The molecular formula is C26H29N7O2. The Balaban J connectivity index is 1.32. The molecule has 1 saturated heterocycles. The zero-order valence-electron chi connectivity index (χ0n) is 19.8. The second kappa shape index (κ2) is 9.71. The van der Waals surface area contributed by atoms with Crippen LogP contribution in [0.25, 0.3) is 17.1 Å². The van der Waals surface area contributed by atoms with Gasteiger partial charge in [-0.3, -0.25) is 14.9 Å². The van der Waals surface area contributed by atoms with E-state index in [-0.39, 0.29) is 23.8 Å². The summed E-state index contributed by atoms with van der Waals surface area (Å²) in [5.41, 5.74) is 3.48. The monoisotopic (exact) mass is 471 g/mol. The highest BCUT2D eigenvalue weighted by atomic mass is 16.2. The van der Waals surface area contributed by atoms with Crippen molar-refractivity contribution in [2.24, 2.45) is 10.9 Å². The molecule has 1 atom stereocenters. The Morgan fingerprint density at radius 3 is 2.77 bits per heavy atom. The SMILES string of the molecule is CC(NC1=NC(=Cc2c[nH]c3ncc(NC(=O)C4CCN(C)CC4)cc23)C(=O)N1)c1ccccc1. The van der Waals surface area contributed by atoms with Gasteiger partial charge in [-0.2, -0.15) is 0 Å². The molecule has 1 unspecified atom stereocenters. The summed E-state index contributed by atoms with van der Waals surface area (Å²) in [5, 5.41) is 9.85. The lowest BCUT2D eigenvalue weighted by molar-refractivity contribution is -0.121. The number of pyridine rings is 1. The molecule has 4 heterocycles. The van der Waals surface area contributed by atoms with Gasteiger partial charge in [0.05, 0.1) is 17.9 Å². The number of nitrogens with zero attached hydrogens (tertiary/aromatic N) is 3. The van der Waals surface area contributed by atoms with E-state index in [1.54, 1.807) is 18.5 Å². The first kappa shape index (κ1) is 22.8. The van der Waals surface area contributed by atoms with Gasteiger partial charge in [-0.25, -0.2) is 9.98 Å². The fourth-order valence-electron chi connectivity index (χ4n) is 4.44. The molecule has 35 heavy (non-hydrogen) atoms. The number of hydrogen-bond acceptors (Lipinski definition) is 6. The van der Waals surface area contributed by atoms with Crippen LogP contribution >= 0.6 is 0 Å². The number of H-pyrrole nitrogens is 1. The number of likely N-dealkylation sites (tertiary alicyclic amines) is 1. The van der Waals surface area contributed by atoms with Crippen molar-refractivity contribution in [3.63, 3.8) is 0 Å². The number of fused-ring (bicyclic) bond motifs is 1. The summed E-state index contributed by atoms with van der Waals surface area (Å²) in [5.74, 6) is 0.177. The molecule has 1 aromatic carbocycles. The third kappa shape index (κ3) is 5.09. The Labute approximate surface area is 203 Å². The molecule has 2 aromatic heterocycles. The van der Waals surface area contributed by atoms with E-state index >= 15 is 0 Å². The molecule has 0 saturated carbocycles. The lowest BCUT2D eigenvalue weighted by Gasteiger charge is -2.28. The molecule has 3 aromatic rings. The Morgan fingerprint density at radius 1 is 1.23 bits per heavy atom. The van der Waals surface area contributed by atoms with Gasteiger partial charge < -0.3 is 20.5 Å². The van der Waals surface area contributed by atoms with Crippen molar-refractivity contribution in [1.82, 2.24) is 25.5 Å². The molecule has 4 N–H and O–H groups in total. The van der Waals surface area contributed by atoms with Crippen molar-refractivity contribution in [2.45, 2.75) is 25.8 Å². The third-order valence-electron chi connectivity index (χ3n) is 6.56. The van der Waals surface area contributed by atoms with Crippen LogP contribution in [0.1, 0.15) is 36.9 Å². The lowest BCUT2D eigenvalue weighted by atomic mass is 9.96. The fourth-order valence-corrected chi connectivity index (χ4v) is 4.44. The summed E-state index contributed by atoms with van der Waals surface area (Å²) in [6.07, 6.45) is 6.86. The lowest BCUT2D eigenvalue weighted by Crippen LogP contribution is -2.37. The second-order valence-corrected chi connectivity index (χ2v) is 9.15. The predicted molar refractivity (Wildman–Crippen MR) is 136 cm³/mol. The van der Waals surface area contributed by atoms with Gasteiger partial charge >= 0.3 is 0 Å². The van der Waals surface area contributed by atoms with Gasteiger partial charge in [0.25, 0.3) is 5.91 Å². The average Bonchev–Trinajstić information content (AvgIpc) is 3.42. The first-order valence-corrected chi connectivity index (χ1v) is 11.9. The van der Waals surface area contributed by atoms with E-state index in [0.29, 0.717) is 23.0 Å². The van der Waals surface area contributed by atoms with E-state index in [2.05, 4.69) is 42.9 Å². The molecule has 2 amide bonds. The average molecular weight is 472 g/mol. The summed E-state index contributed by atoms with van der Waals surface area (Å²) in [7, 11) is 2.07. The van der Waals surface area contributed by atoms with Crippen LogP contribution in [0, 0.1) is 5.92 Å². The minimum absolute atomic E-state index is 0.00966. The summed E-state index contributed by atoms with van der Waals surface area (Å²) >= 11 is 0. The number of amides is 2. The number of aromatic amines is 1. The van der Waals surface area contributed by atoms with E-state index in [4.69, 9.17) is 0 Å². The number of nitrogens with one attached hydrogen (secondary N) is 4. The summed E-state index contributed by atoms with van der Waals surface area (Å²) in [6.45, 7) is 3.86. The van der Waals surface area contributed by atoms with Crippen LogP contribution in [0.3, 0.4) is 0 Å². The summed E-state index contributed by atoms with van der Waals surface area (Å²) in [4.78, 5) is 39.5. The molecule has 2 aliphatic rings. The molecule has 1 fully saturated rings. The Kier molecular flexibility index (Phi) is 6.33. The molecule has 0 bridgehead atoms.